The van der Waals surface area contributed by atoms with Crippen molar-refractivity contribution < 1.29 is 0 Å². The Morgan fingerprint density at radius 3 is 2.85 bits per heavy atom. The maximum Gasteiger partial charge on any atom is 0.134 e. The Morgan fingerprint density at radius 1 is 1.10 bits per heavy atom. The topological polar surface area (TPSA) is 50.7 Å². The first-order valence-electron chi connectivity index (χ1n) is 6.27. The highest BCUT2D eigenvalue weighted by Crippen LogP contribution is 2.16. The summed E-state index contributed by atoms with van der Waals surface area (Å²) in [5.41, 5.74) is 3.30. The second kappa shape index (κ2) is 5.43. The van der Waals surface area contributed by atoms with Crippen LogP contribution in [0.15, 0.2) is 42.9 Å². The van der Waals surface area contributed by atoms with Crippen LogP contribution >= 0.6 is 11.6 Å². The minimum atomic E-state index is 0.429. The molecule has 100 valence electrons. The van der Waals surface area contributed by atoms with E-state index >= 15 is 0 Å². The van der Waals surface area contributed by atoms with Crippen molar-refractivity contribution in [1.82, 2.24) is 15.0 Å². The molecule has 0 bridgehead atoms. The molecule has 5 heteroatoms. The first kappa shape index (κ1) is 12.8. The third-order valence-electron chi connectivity index (χ3n) is 2.99. The molecule has 0 aliphatic heterocycles. The van der Waals surface area contributed by atoms with Crippen molar-refractivity contribution in [2.75, 3.05) is 5.32 Å². The van der Waals surface area contributed by atoms with E-state index in [9.17, 15) is 0 Å². The van der Waals surface area contributed by atoms with E-state index < -0.39 is 0 Å². The van der Waals surface area contributed by atoms with Gasteiger partial charge in [0.05, 0.1) is 5.52 Å². The second-order valence-electron chi connectivity index (χ2n) is 4.62. The number of fused-ring (bicyclic) bond motifs is 1. The Morgan fingerprint density at radius 2 is 2.00 bits per heavy atom. The number of aromatic nitrogens is 3. The van der Waals surface area contributed by atoms with Gasteiger partial charge < -0.3 is 5.32 Å². The number of hydrogen-bond acceptors (Lipinski definition) is 4. The molecule has 3 rings (SSSR count). The summed E-state index contributed by atoms with van der Waals surface area (Å²) in [6.45, 7) is 2.71. The number of nitrogens with one attached hydrogen (secondary N) is 1. The molecule has 2 aromatic heterocycles. The van der Waals surface area contributed by atoms with Crippen LogP contribution in [0.3, 0.4) is 0 Å². The van der Waals surface area contributed by atoms with Crippen molar-refractivity contribution in [1.29, 1.82) is 0 Å². The van der Waals surface area contributed by atoms with E-state index in [1.165, 1.54) is 11.9 Å². The van der Waals surface area contributed by atoms with Gasteiger partial charge in [-0.2, -0.15) is 0 Å². The van der Waals surface area contributed by atoms with Crippen LogP contribution in [0.1, 0.15) is 11.1 Å². The Balaban J connectivity index is 1.79. The van der Waals surface area contributed by atoms with Gasteiger partial charge in [-0.3, -0.25) is 4.98 Å². The zero-order valence-electron chi connectivity index (χ0n) is 11.0. The van der Waals surface area contributed by atoms with Gasteiger partial charge in [0.1, 0.15) is 17.3 Å². The lowest BCUT2D eigenvalue weighted by atomic mass is 10.1. The lowest BCUT2D eigenvalue weighted by Gasteiger charge is -2.07. The highest BCUT2D eigenvalue weighted by Gasteiger charge is 2.00. The van der Waals surface area contributed by atoms with Crippen LogP contribution in [0.5, 0.6) is 0 Å². The smallest absolute Gasteiger partial charge is 0.134 e. The Hall–Kier alpha value is -2.20. The van der Waals surface area contributed by atoms with Crippen LogP contribution < -0.4 is 5.32 Å². The van der Waals surface area contributed by atoms with Crippen molar-refractivity contribution in [3.8, 4) is 0 Å². The molecule has 2 heterocycles. The van der Waals surface area contributed by atoms with Crippen molar-refractivity contribution >= 4 is 28.3 Å². The van der Waals surface area contributed by atoms with Gasteiger partial charge >= 0.3 is 0 Å². The monoisotopic (exact) mass is 284 g/mol. The van der Waals surface area contributed by atoms with E-state index in [0.717, 1.165) is 16.5 Å². The number of nitrogens with zero attached hydrogens (tertiary/aromatic N) is 3. The second-order valence-corrected chi connectivity index (χ2v) is 5.01. The summed E-state index contributed by atoms with van der Waals surface area (Å²) >= 11 is 5.82. The molecule has 1 aromatic carbocycles. The zero-order chi connectivity index (χ0) is 13.9. The fourth-order valence-electron chi connectivity index (χ4n) is 2.01. The lowest BCUT2D eigenvalue weighted by molar-refractivity contribution is 1.08. The van der Waals surface area contributed by atoms with Crippen LogP contribution in [-0.4, -0.2) is 15.0 Å². The molecule has 0 saturated carbocycles. The summed E-state index contributed by atoms with van der Waals surface area (Å²) in [7, 11) is 0. The highest BCUT2D eigenvalue weighted by molar-refractivity contribution is 6.29. The molecule has 20 heavy (non-hydrogen) atoms. The average molecular weight is 285 g/mol. The zero-order valence-corrected chi connectivity index (χ0v) is 11.7. The van der Waals surface area contributed by atoms with E-state index in [1.54, 1.807) is 6.07 Å². The summed E-state index contributed by atoms with van der Waals surface area (Å²) in [5, 5.41) is 4.80. The van der Waals surface area contributed by atoms with E-state index in [4.69, 9.17) is 11.6 Å². The molecule has 0 radical (unpaired) electrons. The molecule has 0 atom stereocenters. The van der Waals surface area contributed by atoms with Crippen molar-refractivity contribution in [3.05, 3.63) is 59.1 Å². The van der Waals surface area contributed by atoms with E-state index in [0.29, 0.717) is 17.5 Å². The average Bonchev–Trinajstić information content (AvgIpc) is 2.45. The van der Waals surface area contributed by atoms with E-state index in [2.05, 4.69) is 44.5 Å². The lowest BCUT2D eigenvalue weighted by Crippen LogP contribution is -2.01. The molecule has 0 aliphatic rings. The molecule has 4 nitrogen and oxygen atoms in total. The standard InChI is InChI=1S/C15H13ClN4/c1-10-4-12-3-2-11(5-13(12)17-7-10)8-18-15-6-14(16)19-9-20-15/h2-7,9H,8H2,1H3,(H,18,19,20). The van der Waals surface area contributed by atoms with E-state index in [1.807, 2.05) is 13.1 Å². The van der Waals surface area contributed by atoms with Gasteiger partial charge in [0, 0.05) is 24.2 Å². The summed E-state index contributed by atoms with van der Waals surface area (Å²) in [5.74, 6) is 0.710. The molecule has 1 N–H and O–H groups in total. The predicted octanol–water partition coefficient (Wildman–Crippen LogP) is 3.60. The number of pyridine rings is 1. The van der Waals surface area contributed by atoms with Crippen molar-refractivity contribution in [2.45, 2.75) is 13.5 Å². The minimum absolute atomic E-state index is 0.429. The molecular formula is C15H13ClN4. The predicted molar refractivity (Wildman–Crippen MR) is 80.8 cm³/mol. The number of halogens is 1. The summed E-state index contributed by atoms with van der Waals surface area (Å²) in [6, 6.07) is 10.1. The summed E-state index contributed by atoms with van der Waals surface area (Å²) in [6.07, 6.45) is 3.32. The SMILES string of the molecule is Cc1cnc2cc(CNc3cc(Cl)ncn3)ccc2c1. The third kappa shape index (κ3) is 2.86. The van der Waals surface area contributed by atoms with Gasteiger partial charge in [-0.05, 0) is 30.2 Å². The molecule has 3 aromatic rings. The van der Waals surface area contributed by atoms with Gasteiger partial charge in [0.2, 0.25) is 0 Å². The highest BCUT2D eigenvalue weighted by atomic mass is 35.5. The van der Waals surface area contributed by atoms with Gasteiger partial charge in [-0.15, -0.1) is 0 Å². The van der Waals surface area contributed by atoms with Crippen LogP contribution in [0.25, 0.3) is 10.9 Å². The van der Waals surface area contributed by atoms with Crippen LogP contribution in [0.4, 0.5) is 5.82 Å². The summed E-state index contributed by atoms with van der Waals surface area (Å²) < 4.78 is 0. The minimum Gasteiger partial charge on any atom is -0.366 e. The first-order chi connectivity index (χ1) is 9.70. The first-order valence-corrected chi connectivity index (χ1v) is 6.65. The maximum absolute atomic E-state index is 5.82. The number of rotatable bonds is 3. The maximum atomic E-state index is 5.82. The quantitative estimate of drug-likeness (QED) is 0.747. The van der Waals surface area contributed by atoms with Gasteiger partial charge in [0.15, 0.2) is 0 Å². The molecular weight excluding hydrogens is 272 g/mol. The number of hydrogen-bond donors (Lipinski definition) is 1. The van der Waals surface area contributed by atoms with Crippen LogP contribution in [-0.2, 0) is 6.54 Å². The van der Waals surface area contributed by atoms with Crippen molar-refractivity contribution in [3.63, 3.8) is 0 Å². The normalized spacial score (nSPS) is 10.7. The van der Waals surface area contributed by atoms with Crippen LogP contribution in [0, 0.1) is 6.92 Å². The van der Waals surface area contributed by atoms with Crippen molar-refractivity contribution in [2.24, 2.45) is 0 Å². The van der Waals surface area contributed by atoms with E-state index in [-0.39, 0.29) is 0 Å². The molecule has 0 unspecified atom stereocenters. The Bertz CT molecular complexity index is 758. The Labute approximate surface area is 121 Å². The largest absolute Gasteiger partial charge is 0.366 e. The number of aryl methyl sites for hydroxylation is 1. The number of benzene rings is 1. The molecule has 0 amide bonds. The third-order valence-corrected chi connectivity index (χ3v) is 3.20. The molecule has 0 saturated heterocycles. The van der Waals surface area contributed by atoms with Crippen LogP contribution in [0.2, 0.25) is 5.15 Å². The number of anilines is 1. The Kier molecular flexibility index (Phi) is 3.48. The molecule has 0 fully saturated rings. The summed E-state index contributed by atoms with van der Waals surface area (Å²) in [4.78, 5) is 12.4. The van der Waals surface area contributed by atoms with Gasteiger partial charge in [-0.1, -0.05) is 23.7 Å². The fourth-order valence-corrected chi connectivity index (χ4v) is 2.16. The fraction of sp³-hybridized carbons (Fsp3) is 0.133. The van der Waals surface area contributed by atoms with Gasteiger partial charge in [-0.25, -0.2) is 9.97 Å². The van der Waals surface area contributed by atoms with Gasteiger partial charge in [0.25, 0.3) is 0 Å². The molecule has 0 aliphatic carbocycles. The molecule has 0 spiro atoms.